The molecule has 0 aliphatic heterocycles. The van der Waals surface area contributed by atoms with Crippen molar-refractivity contribution in [2.75, 3.05) is 0 Å². The molecule has 1 aliphatic carbocycles. The fraction of sp³-hybridized carbons (Fsp3) is 0.636. The number of oxazole rings is 1. The first-order valence-corrected chi connectivity index (χ1v) is 5.49. The van der Waals surface area contributed by atoms with Crippen LogP contribution in [0.1, 0.15) is 37.5 Å². The Hall–Kier alpha value is -1.36. The predicted molar refractivity (Wildman–Crippen MR) is 56.9 cm³/mol. The lowest BCUT2D eigenvalue weighted by Crippen LogP contribution is -2.48. The highest BCUT2D eigenvalue weighted by Crippen LogP contribution is 2.29. The van der Waals surface area contributed by atoms with Crippen molar-refractivity contribution >= 4 is 5.97 Å². The van der Waals surface area contributed by atoms with Gasteiger partial charge < -0.3 is 14.8 Å². The predicted octanol–water partition coefficient (Wildman–Crippen LogP) is 1.50. The largest absolute Gasteiger partial charge is 0.481 e. The zero-order valence-electron chi connectivity index (χ0n) is 9.43. The molecule has 0 bridgehead atoms. The summed E-state index contributed by atoms with van der Waals surface area (Å²) in [7, 11) is 0. The standard InChI is InChI=1S/C11H16N2O3/c1-6-5-12-10(16-6)7(2)13-9-4-3-8(9)11(14)15/h5,7-9,13H,3-4H2,1-2H3,(H,14,15). The number of carboxylic acids is 1. The summed E-state index contributed by atoms with van der Waals surface area (Å²) in [5.74, 6) is 0.402. The maximum absolute atomic E-state index is 10.8. The van der Waals surface area contributed by atoms with Crippen molar-refractivity contribution in [1.29, 1.82) is 0 Å². The van der Waals surface area contributed by atoms with Crippen molar-refractivity contribution in [3.8, 4) is 0 Å². The Bertz CT molecular complexity index is 388. The summed E-state index contributed by atoms with van der Waals surface area (Å²) in [5.41, 5.74) is 0. The molecule has 1 fully saturated rings. The molecule has 16 heavy (non-hydrogen) atoms. The lowest BCUT2D eigenvalue weighted by atomic mass is 9.79. The van der Waals surface area contributed by atoms with E-state index in [1.165, 1.54) is 0 Å². The van der Waals surface area contributed by atoms with Crippen LogP contribution in [0.3, 0.4) is 0 Å². The molecule has 0 radical (unpaired) electrons. The van der Waals surface area contributed by atoms with Gasteiger partial charge in [0.25, 0.3) is 0 Å². The summed E-state index contributed by atoms with van der Waals surface area (Å²) in [6.07, 6.45) is 3.33. The molecule has 0 amide bonds. The van der Waals surface area contributed by atoms with Crippen LogP contribution >= 0.6 is 0 Å². The van der Waals surface area contributed by atoms with Gasteiger partial charge in [0.2, 0.25) is 5.89 Å². The van der Waals surface area contributed by atoms with Crippen molar-refractivity contribution in [2.24, 2.45) is 5.92 Å². The van der Waals surface area contributed by atoms with Gasteiger partial charge in [0.05, 0.1) is 18.2 Å². The normalized spacial score (nSPS) is 26.1. The van der Waals surface area contributed by atoms with Crippen LogP contribution in [0.25, 0.3) is 0 Å². The minimum atomic E-state index is -0.723. The van der Waals surface area contributed by atoms with Gasteiger partial charge >= 0.3 is 5.97 Å². The molecule has 2 N–H and O–H groups in total. The highest BCUT2D eigenvalue weighted by molar-refractivity contribution is 5.72. The van der Waals surface area contributed by atoms with E-state index in [9.17, 15) is 4.79 Å². The second-order valence-electron chi connectivity index (χ2n) is 4.33. The van der Waals surface area contributed by atoms with Crippen LogP contribution in [0.4, 0.5) is 0 Å². The molecule has 2 rings (SSSR count). The molecule has 1 aromatic heterocycles. The molecular formula is C11H16N2O3. The van der Waals surface area contributed by atoms with E-state index >= 15 is 0 Å². The number of aryl methyl sites for hydroxylation is 1. The first kappa shape index (κ1) is 11.1. The second kappa shape index (κ2) is 4.25. The van der Waals surface area contributed by atoms with Gasteiger partial charge in [0.15, 0.2) is 0 Å². The van der Waals surface area contributed by atoms with Crippen LogP contribution in [0.2, 0.25) is 0 Å². The maximum Gasteiger partial charge on any atom is 0.308 e. The third-order valence-corrected chi connectivity index (χ3v) is 3.07. The summed E-state index contributed by atoms with van der Waals surface area (Å²) in [5, 5.41) is 12.2. The molecule has 1 aliphatic rings. The van der Waals surface area contributed by atoms with Crippen LogP contribution in [-0.4, -0.2) is 22.1 Å². The quantitative estimate of drug-likeness (QED) is 0.810. The maximum atomic E-state index is 10.8. The Balaban J connectivity index is 1.93. The average Bonchev–Trinajstić information content (AvgIpc) is 2.58. The minimum absolute atomic E-state index is 0.0409. The Morgan fingerprint density at radius 3 is 2.88 bits per heavy atom. The molecule has 3 atom stereocenters. The van der Waals surface area contributed by atoms with Crippen molar-refractivity contribution < 1.29 is 14.3 Å². The molecule has 0 spiro atoms. The number of carboxylic acid groups (broad SMARTS) is 1. The van der Waals surface area contributed by atoms with E-state index in [0.717, 1.165) is 18.6 Å². The molecule has 0 aromatic carbocycles. The van der Waals surface area contributed by atoms with Crippen LogP contribution in [-0.2, 0) is 4.79 Å². The van der Waals surface area contributed by atoms with Crippen molar-refractivity contribution in [3.63, 3.8) is 0 Å². The third-order valence-electron chi connectivity index (χ3n) is 3.07. The first-order chi connectivity index (χ1) is 7.58. The van der Waals surface area contributed by atoms with Gasteiger partial charge in [-0.25, -0.2) is 4.98 Å². The van der Waals surface area contributed by atoms with E-state index in [1.807, 2.05) is 13.8 Å². The van der Waals surface area contributed by atoms with Crippen LogP contribution in [0.15, 0.2) is 10.6 Å². The fourth-order valence-electron chi connectivity index (χ4n) is 1.96. The summed E-state index contributed by atoms with van der Waals surface area (Å²) >= 11 is 0. The summed E-state index contributed by atoms with van der Waals surface area (Å²) in [6.45, 7) is 3.77. The van der Waals surface area contributed by atoms with Crippen molar-refractivity contribution in [1.82, 2.24) is 10.3 Å². The molecule has 5 nitrogen and oxygen atoms in total. The third kappa shape index (κ3) is 2.09. The number of aromatic nitrogens is 1. The Morgan fingerprint density at radius 2 is 2.44 bits per heavy atom. The van der Waals surface area contributed by atoms with E-state index in [2.05, 4.69) is 10.3 Å². The molecular weight excluding hydrogens is 208 g/mol. The van der Waals surface area contributed by atoms with Gasteiger partial charge in [-0.05, 0) is 26.7 Å². The van der Waals surface area contributed by atoms with Gasteiger partial charge in [-0.2, -0.15) is 0 Å². The number of rotatable bonds is 4. The second-order valence-corrected chi connectivity index (χ2v) is 4.33. The smallest absolute Gasteiger partial charge is 0.308 e. The van der Waals surface area contributed by atoms with Gasteiger partial charge in [-0.1, -0.05) is 0 Å². The van der Waals surface area contributed by atoms with Crippen LogP contribution < -0.4 is 5.32 Å². The van der Waals surface area contributed by atoms with Gasteiger partial charge in [-0.15, -0.1) is 0 Å². The van der Waals surface area contributed by atoms with Crippen LogP contribution in [0.5, 0.6) is 0 Å². The topological polar surface area (TPSA) is 75.4 Å². The van der Waals surface area contributed by atoms with E-state index < -0.39 is 5.97 Å². The van der Waals surface area contributed by atoms with Crippen molar-refractivity contribution in [2.45, 2.75) is 38.8 Å². The number of carbonyl (C=O) groups is 1. The van der Waals surface area contributed by atoms with E-state index in [4.69, 9.17) is 9.52 Å². The van der Waals surface area contributed by atoms with Crippen molar-refractivity contribution in [3.05, 3.63) is 17.8 Å². The zero-order chi connectivity index (χ0) is 11.7. The summed E-state index contributed by atoms with van der Waals surface area (Å²) in [6, 6.07) is 0.000515. The number of nitrogens with one attached hydrogen (secondary N) is 1. The summed E-state index contributed by atoms with van der Waals surface area (Å²) < 4.78 is 5.39. The average molecular weight is 224 g/mol. The minimum Gasteiger partial charge on any atom is -0.481 e. The molecule has 5 heteroatoms. The van der Waals surface area contributed by atoms with E-state index in [-0.39, 0.29) is 18.0 Å². The highest BCUT2D eigenvalue weighted by Gasteiger charge is 2.37. The number of aliphatic carboxylic acids is 1. The molecule has 0 saturated heterocycles. The van der Waals surface area contributed by atoms with Gasteiger partial charge in [0.1, 0.15) is 5.76 Å². The Kier molecular flexibility index (Phi) is 2.96. The monoisotopic (exact) mass is 224 g/mol. The Morgan fingerprint density at radius 1 is 1.69 bits per heavy atom. The lowest BCUT2D eigenvalue weighted by Gasteiger charge is -2.35. The number of hydrogen-bond acceptors (Lipinski definition) is 4. The van der Waals surface area contributed by atoms with Gasteiger partial charge in [0, 0.05) is 6.04 Å². The molecule has 1 heterocycles. The fourth-order valence-corrected chi connectivity index (χ4v) is 1.96. The Labute approximate surface area is 93.9 Å². The van der Waals surface area contributed by atoms with Crippen LogP contribution in [0, 0.1) is 12.8 Å². The van der Waals surface area contributed by atoms with E-state index in [0.29, 0.717) is 5.89 Å². The lowest BCUT2D eigenvalue weighted by molar-refractivity contribution is -0.146. The summed E-state index contributed by atoms with van der Waals surface area (Å²) in [4.78, 5) is 15.0. The molecule has 3 unspecified atom stereocenters. The zero-order valence-corrected chi connectivity index (χ0v) is 9.43. The number of nitrogens with zero attached hydrogens (tertiary/aromatic N) is 1. The molecule has 88 valence electrons. The SMILES string of the molecule is Cc1cnc(C(C)NC2CCC2C(=O)O)o1. The van der Waals surface area contributed by atoms with E-state index in [1.54, 1.807) is 6.20 Å². The van der Waals surface area contributed by atoms with Gasteiger partial charge in [-0.3, -0.25) is 4.79 Å². The molecule has 1 saturated carbocycles. The number of hydrogen-bond donors (Lipinski definition) is 2. The first-order valence-electron chi connectivity index (χ1n) is 5.49. The highest BCUT2D eigenvalue weighted by atomic mass is 16.4. The molecule has 1 aromatic rings.